The van der Waals surface area contributed by atoms with Gasteiger partial charge in [-0.25, -0.2) is 0 Å². The summed E-state index contributed by atoms with van der Waals surface area (Å²) >= 11 is 0. The predicted octanol–water partition coefficient (Wildman–Crippen LogP) is 4.29. The molecular weight excluding hydrogens is 288 g/mol. The van der Waals surface area contributed by atoms with Crippen molar-refractivity contribution in [1.29, 1.82) is 0 Å². The zero-order chi connectivity index (χ0) is 16.6. The minimum Gasteiger partial charge on any atom is -0.469 e. The molecule has 3 aliphatic rings. The SMILES string of the molecule is COCC1CCC2/C1=C\C1(C)CCC(C)=C1CCC2C(=O)OC. The third-order valence-electron chi connectivity index (χ3n) is 6.50. The van der Waals surface area contributed by atoms with Crippen LogP contribution in [0.15, 0.2) is 22.8 Å². The lowest BCUT2D eigenvalue weighted by molar-refractivity contribution is -0.147. The second-order valence-electron chi connectivity index (χ2n) is 7.83. The van der Waals surface area contributed by atoms with Crippen molar-refractivity contribution in [3.05, 3.63) is 22.8 Å². The number of hydrogen-bond donors (Lipinski definition) is 0. The van der Waals surface area contributed by atoms with Gasteiger partial charge in [0.05, 0.1) is 19.6 Å². The molecule has 0 N–H and O–H groups in total. The summed E-state index contributed by atoms with van der Waals surface area (Å²) in [7, 11) is 3.30. The lowest BCUT2D eigenvalue weighted by Crippen LogP contribution is -2.29. The lowest BCUT2D eigenvalue weighted by atomic mass is 9.71. The van der Waals surface area contributed by atoms with Gasteiger partial charge in [-0.1, -0.05) is 29.7 Å². The maximum atomic E-state index is 12.4. The molecule has 0 radical (unpaired) electrons. The van der Waals surface area contributed by atoms with Crippen molar-refractivity contribution in [1.82, 2.24) is 0 Å². The third-order valence-corrected chi connectivity index (χ3v) is 6.50. The van der Waals surface area contributed by atoms with Gasteiger partial charge in [0.2, 0.25) is 0 Å². The summed E-state index contributed by atoms with van der Waals surface area (Å²) < 4.78 is 10.6. The molecule has 1 fully saturated rings. The van der Waals surface area contributed by atoms with Crippen molar-refractivity contribution < 1.29 is 14.3 Å². The van der Waals surface area contributed by atoms with Crippen LogP contribution >= 0.6 is 0 Å². The van der Waals surface area contributed by atoms with Crippen LogP contribution in [-0.4, -0.2) is 26.8 Å². The predicted molar refractivity (Wildman–Crippen MR) is 91.0 cm³/mol. The van der Waals surface area contributed by atoms with E-state index >= 15 is 0 Å². The molecular formula is C20H30O3. The van der Waals surface area contributed by atoms with Crippen LogP contribution in [0.2, 0.25) is 0 Å². The van der Waals surface area contributed by atoms with E-state index in [4.69, 9.17) is 9.47 Å². The molecule has 3 nitrogen and oxygen atoms in total. The molecule has 0 heterocycles. The normalized spacial score (nSPS) is 39.1. The first kappa shape index (κ1) is 16.8. The summed E-state index contributed by atoms with van der Waals surface area (Å²) in [5, 5.41) is 0. The highest BCUT2D eigenvalue weighted by molar-refractivity contribution is 5.73. The van der Waals surface area contributed by atoms with E-state index in [1.165, 1.54) is 31.1 Å². The van der Waals surface area contributed by atoms with Gasteiger partial charge in [0.25, 0.3) is 0 Å². The number of esters is 1. The number of allylic oxidation sites excluding steroid dienone is 3. The molecule has 0 aromatic carbocycles. The topological polar surface area (TPSA) is 35.5 Å². The van der Waals surface area contributed by atoms with Crippen LogP contribution in [0.25, 0.3) is 0 Å². The van der Waals surface area contributed by atoms with E-state index in [1.54, 1.807) is 12.7 Å². The van der Waals surface area contributed by atoms with Crippen LogP contribution in [0, 0.1) is 23.2 Å². The number of carbonyl (C=O) groups is 1. The molecule has 4 atom stereocenters. The highest BCUT2D eigenvalue weighted by Gasteiger charge is 2.44. The van der Waals surface area contributed by atoms with Crippen LogP contribution in [0.3, 0.4) is 0 Å². The van der Waals surface area contributed by atoms with Crippen molar-refractivity contribution in [2.24, 2.45) is 23.2 Å². The Kier molecular flexibility index (Phi) is 4.68. The van der Waals surface area contributed by atoms with E-state index in [9.17, 15) is 4.79 Å². The highest BCUT2D eigenvalue weighted by atomic mass is 16.5. The number of carbonyl (C=O) groups excluding carboxylic acids is 1. The summed E-state index contributed by atoms with van der Waals surface area (Å²) in [4.78, 5) is 12.4. The fourth-order valence-electron chi connectivity index (χ4n) is 5.25. The maximum Gasteiger partial charge on any atom is 0.309 e. The van der Waals surface area contributed by atoms with Crippen LogP contribution in [0.5, 0.6) is 0 Å². The van der Waals surface area contributed by atoms with Gasteiger partial charge in [-0.15, -0.1) is 0 Å². The van der Waals surface area contributed by atoms with Crippen molar-refractivity contribution in [3.63, 3.8) is 0 Å². The molecule has 0 amide bonds. The van der Waals surface area contributed by atoms with E-state index in [2.05, 4.69) is 19.9 Å². The molecule has 0 spiro atoms. The molecule has 0 aliphatic heterocycles. The van der Waals surface area contributed by atoms with Crippen molar-refractivity contribution in [3.8, 4) is 0 Å². The average Bonchev–Trinajstić information content (AvgIpc) is 3.01. The van der Waals surface area contributed by atoms with Crippen LogP contribution in [-0.2, 0) is 14.3 Å². The Labute approximate surface area is 140 Å². The fraction of sp³-hybridized carbons (Fsp3) is 0.750. The largest absolute Gasteiger partial charge is 0.469 e. The fourth-order valence-corrected chi connectivity index (χ4v) is 5.25. The smallest absolute Gasteiger partial charge is 0.309 e. The van der Waals surface area contributed by atoms with Gasteiger partial charge >= 0.3 is 5.97 Å². The first-order valence-electron chi connectivity index (χ1n) is 8.98. The molecule has 3 rings (SSSR count). The number of rotatable bonds is 3. The van der Waals surface area contributed by atoms with Crippen LogP contribution < -0.4 is 0 Å². The van der Waals surface area contributed by atoms with E-state index in [-0.39, 0.29) is 17.3 Å². The summed E-state index contributed by atoms with van der Waals surface area (Å²) in [6, 6.07) is 0. The third kappa shape index (κ3) is 2.88. The summed E-state index contributed by atoms with van der Waals surface area (Å²) in [6.45, 7) is 5.43. The van der Waals surface area contributed by atoms with E-state index in [0.29, 0.717) is 11.8 Å². The zero-order valence-electron chi connectivity index (χ0n) is 15.0. The molecule has 0 bridgehead atoms. The van der Waals surface area contributed by atoms with Gasteiger partial charge in [0.15, 0.2) is 0 Å². The van der Waals surface area contributed by atoms with Crippen molar-refractivity contribution >= 4 is 5.97 Å². The Bertz CT molecular complexity index is 545. The Morgan fingerprint density at radius 1 is 1.26 bits per heavy atom. The summed E-state index contributed by atoms with van der Waals surface area (Å²) in [5.41, 5.74) is 4.76. The van der Waals surface area contributed by atoms with Crippen molar-refractivity contribution in [2.75, 3.05) is 20.8 Å². The van der Waals surface area contributed by atoms with Gasteiger partial charge in [-0.3, -0.25) is 4.79 Å². The molecule has 0 saturated heterocycles. The molecule has 4 unspecified atom stereocenters. The first-order chi connectivity index (χ1) is 11.0. The molecule has 3 aliphatic carbocycles. The Balaban J connectivity index is 2.03. The standard InChI is InChI=1S/C20H30O3/c1-13-9-10-20(2)11-17-14(12-22-3)5-6-15(17)16(19(21)23-4)7-8-18(13)20/h11,14-16H,5-10,12H2,1-4H3/b17-11-. The van der Waals surface area contributed by atoms with Crippen molar-refractivity contribution in [2.45, 2.75) is 52.4 Å². The first-order valence-corrected chi connectivity index (χ1v) is 8.98. The van der Waals surface area contributed by atoms with E-state index in [1.807, 2.05) is 0 Å². The monoisotopic (exact) mass is 318 g/mol. The molecule has 0 aromatic heterocycles. The average molecular weight is 318 g/mol. The number of hydrogen-bond acceptors (Lipinski definition) is 3. The minimum absolute atomic E-state index is 0.0126. The molecule has 1 saturated carbocycles. The molecule has 128 valence electrons. The zero-order valence-corrected chi connectivity index (χ0v) is 15.0. The number of fused-ring (bicyclic) bond motifs is 2. The highest BCUT2D eigenvalue weighted by Crippen LogP contribution is 2.53. The second kappa shape index (κ2) is 6.43. The van der Waals surface area contributed by atoms with Crippen LogP contribution in [0.1, 0.15) is 52.4 Å². The second-order valence-corrected chi connectivity index (χ2v) is 7.83. The summed E-state index contributed by atoms with van der Waals surface area (Å²) in [5.74, 6) is 0.800. The van der Waals surface area contributed by atoms with Gasteiger partial charge in [-0.05, 0) is 51.4 Å². The Hall–Kier alpha value is -1.09. The molecule has 3 heteroatoms. The minimum atomic E-state index is -0.0289. The van der Waals surface area contributed by atoms with Crippen LogP contribution in [0.4, 0.5) is 0 Å². The number of ether oxygens (including phenoxy) is 2. The lowest BCUT2D eigenvalue weighted by Gasteiger charge is -2.34. The molecule has 0 aromatic rings. The van der Waals surface area contributed by atoms with Gasteiger partial charge in [0.1, 0.15) is 0 Å². The maximum absolute atomic E-state index is 12.4. The Morgan fingerprint density at radius 3 is 2.74 bits per heavy atom. The Morgan fingerprint density at radius 2 is 2.04 bits per heavy atom. The van der Waals surface area contributed by atoms with Gasteiger partial charge in [-0.2, -0.15) is 0 Å². The quantitative estimate of drug-likeness (QED) is 0.575. The van der Waals surface area contributed by atoms with Gasteiger partial charge in [0, 0.05) is 18.4 Å². The number of methoxy groups -OCH3 is 2. The van der Waals surface area contributed by atoms with Gasteiger partial charge < -0.3 is 9.47 Å². The van der Waals surface area contributed by atoms with E-state index in [0.717, 1.165) is 32.3 Å². The molecule has 23 heavy (non-hydrogen) atoms. The van der Waals surface area contributed by atoms with E-state index < -0.39 is 0 Å². The summed E-state index contributed by atoms with van der Waals surface area (Å²) in [6.07, 6.45) is 9.12.